The van der Waals surface area contributed by atoms with Gasteiger partial charge in [0, 0.05) is 72.8 Å². The number of fused-ring (bicyclic) bond motifs is 3. The minimum Gasteiger partial charge on any atom is -0.492 e. The number of benzene rings is 3. The summed E-state index contributed by atoms with van der Waals surface area (Å²) in [7, 11) is 0. The number of thiazole rings is 1. The summed E-state index contributed by atoms with van der Waals surface area (Å²) in [4.78, 5) is 57.2. The van der Waals surface area contributed by atoms with Crippen LogP contribution in [-0.4, -0.2) is 97.2 Å². The second-order valence-corrected chi connectivity index (χ2v) is 21.2. The molecule has 6 aromatic rings. The van der Waals surface area contributed by atoms with Crippen LogP contribution in [0.1, 0.15) is 101 Å². The van der Waals surface area contributed by atoms with Crippen LogP contribution in [0.4, 0.5) is 13.2 Å². The number of alkyl halides is 1. The highest BCUT2D eigenvalue weighted by molar-refractivity contribution is 7.13. The Morgan fingerprint density at radius 1 is 0.972 bits per heavy atom. The second kappa shape index (κ2) is 21.2. The number of pyridine rings is 1. The van der Waals surface area contributed by atoms with Gasteiger partial charge in [0.05, 0.1) is 46.7 Å². The first-order chi connectivity index (χ1) is 33.7. The van der Waals surface area contributed by atoms with Crippen molar-refractivity contribution in [1.82, 2.24) is 35.4 Å². The second-order valence-electron chi connectivity index (χ2n) is 20.4. The van der Waals surface area contributed by atoms with Crippen molar-refractivity contribution in [3.63, 3.8) is 0 Å². The van der Waals surface area contributed by atoms with Crippen LogP contribution in [0.5, 0.6) is 11.5 Å². The Kier molecular flexibility index (Phi) is 15.2. The van der Waals surface area contributed by atoms with Gasteiger partial charge in [-0.15, -0.1) is 11.3 Å². The molecular weight excluding hydrogens is 932 g/mol. The summed E-state index contributed by atoms with van der Waals surface area (Å²) >= 11 is 1.56. The Bertz CT molecular complexity index is 2840. The van der Waals surface area contributed by atoms with Crippen LogP contribution in [0.2, 0.25) is 0 Å². The SMILES string of the molecule is Cc1ncsc1-c1ccc(CNC(=O)[C@@H]2C[C@@H](O)CN2C(=O)[C@@H](NC(=O)CCCOc2ccc(COc3cc(F)c([C@@H]4c5[nH]c6ccccc6c5C[C@@H](C)N4CC(C)(C)F)c(F)c3)nc2)C(C)(C)C)cc1. The number of carbonyl (C=O) groups excluding carboxylic acids is 3. The third-order valence-electron chi connectivity index (χ3n) is 13.1. The summed E-state index contributed by atoms with van der Waals surface area (Å²) in [6.45, 7) is 12.6. The number of aromatic nitrogens is 3. The van der Waals surface area contributed by atoms with E-state index in [1.807, 2.05) is 88.0 Å². The van der Waals surface area contributed by atoms with Gasteiger partial charge in [-0.3, -0.25) is 24.3 Å². The number of rotatable bonds is 17. The highest BCUT2D eigenvalue weighted by Crippen LogP contribution is 2.44. The number of aliphatic hydroxyl groups is 1. The van der Waals surface area contributed by atoms with Crippen molar-refractivity contribution in [3.8, 4) is 21.9 Å². The van der Waals surface area contributed by atoms with Crippen LogP contribution >= 0.6 is 11.3 Å². The lowest BCUT2D eigenvalue weighted by Gasteiger charge is -2.43. The number of aliphatic hydroxyl groups excluding tert-OH is 1. The van der Waals surface area contributed by atoms with Gasteiger partial charge < -0.3 is 35.1 Å². The highest BCUT2D eigenvalue weighted by atomic mass is 32.1. The molecule has 1 fully saturated rings. The fourth-order valence-corrected chi connectivity index (χ4v) is 10.4. The van der Waals surface area contributed by atoms with Crippen LogP contribution in [0.3, 0.4) is 0 Å². The Morgan fingerprint density at radius 2 is 1.70 bits per heavy atom. The van der Waals surface area contributed by atoms with E-state index in [1.165, 1.54) is 24.9 Å². The molecule has 1 saturated heterocycles. The van der Waals surface area contributed by atoms with Gasteiger partial charge in [-0.1, -0.05) is 63.2 Å². The van der Waals surface area contributed by atoms with Crippen LogP contribution < -0.4 is 20.1 Å². The predicted octanol–water partition coefficient (Wildman–Crippen LogP) is 8.90. The summed E-state index contributed by atoms with van der Waals surface area (Å²) < 4.78 is 59.2. The first-order valence-electron chi connectivity index (χ1n) is 24.0. The fourth-order valence-electron chi connectivity index (χ4n) is 9.58. The molecule has 3 aromatic heterocycles. The van der Waals surface area contributed by atoms with E-state index < -0.39 is 52.9 Å². The van der Waals surface area contributed by atoms with Crippen LogP contribution in [0.15, 0.2) is 84.5 Å². The first kappa shape index (κ1) is 51.1. The van der Waals surface area contributed by atoms with E-state index in [-0.39, 0.29) is 74.9 Å². The Hall–Kier alpha value is -6.30. The number of nitrogens with zero attached hydrogens (tertiary/aromatic N) is 4. The van der Waals surface area contributed by atoms with Gasteiger partial charge in [0.25, 0.3) is 0 Å². The van der Waals surface area contributed by atoms with Crippen molar-refractivity contribution < 1.29 is 42.1 Å². The molecule has 5 heterocycles. The normalized spacial score (nSPS) is 18.8. The molecule has 2 aliphatic heterocycles. The lowest BCUT2D eigenvalue weighted by atomic mass is 9.85. The lowest BCUT2D eigenvalue weighted by Crippen LogP contribution is -2.57. The average molecular weight is 994 g/mol. The minimum absolute atomic E-state index is 0.0304. The molecule has 13 nitrogen and oxygen atoms in total. The molecule has 71 heavy (non-hydrogen) atoms. The maximum absolute atomic E-state index is 16.2. The number of aromatic amines is 1. The molecular formula is C54H62F3N7O6S. The van der Waals surface area contributed by atoms with Gasteiger partial charge in [0.2, 0.25) is 17.7 Å². The molecule has 0 unspecified atom stereocenters. The van der Waals surface area contributed by atoms with Gasteiger partial charge in [-0.2, -0.15) is 0 Å². The lowest BCUT2D eigenvalue weighted by molar-refractivity contribution is -0.144. The van der Waals surface area contributed by atoms with Crippen molar-refractivity contribution in [2.75, 3.05) is 19.7 Å². The number of carbonyl (C=O) groups is 3. The molecule has 0 saturated carbocycles. The summed E-state index contributed by atoms with van der Waals surface area (Å²) in [6, 6.07) is 18.2. The molecule has 3 amide bonds. The number of nitrogens with one attached hydrogen (secondary N) is 3. The van der Waals surface area contributed by atoms with Crippen molar-refractivity contribution in [1.29, 1.82) is 0 Å². The summed E-state index contributed by atoms with van der Waals surface area (Å²) in [5.41, 5.74) is 5.07. The van der Waals surface area contributed by atoms with Crippen molar-refractivity contribution >= 4 is 40.0 Å². The maximum atomic E-state index is 16.2. The molecule has 8 rings (SSSR count). The number of likely N-dealkylation sites (tertiary alicyclic amines) is 1. The molecule has 0 spiro atoms. The van der Waals surface area contributed by atoms with E-state index in [0.717, 1.165) is 50.3 Å². The van der Waals surface area contributed by atoms with Crippen LogP contribution in [0, 0.1) is 24.0 Å². The zero-order valence-corrected chi connectivity index (χ0v) is 42.0. The third-order valence-corrected chi connectivity index (χ3v) is 14.1. The molecule has 17 heteroatoms. The van der Waals surface area contributed by atoms with Crippen molar-refractivity contribution in [3.05, 3.63) is 130 Å². The smallest absolute Gasteiger partial charge is 0.246 e. The van der Waals surface area contributed by atoms with Gasteiger partial charge in [0.1, 0.15) is 47.5 Å². The number of H-pyrrole nitrogens is 1. The van der Waals surface area contributed by atoms with E-state index >= 15 is 13.2 Å². The van der Waals surface area contributed by atoms with E-state index in [1.54, 1.807) is 29.0 Å². The summed E-state index contributed by atoms with van der Waals surface area (Å²) in [5.74, 6) is -2.43. The number of halogens is 3. The number of aryl methyl sites for hydroxylation is 1. The van der Waals surface area contributed by atoms with E-state index in [9.17, 15) is 19.5 Å². The Morgan fingerprint density at radius 3 is 2.37 bits per heavy atom. The van der Waals surface area contributed by atoms with E-state index in [0.29, 0.717) is 30.0 Å². The molecule has 3 aromatic carbocycles. The number of hydrogen-bond acceptors (Lipinski definition) is 10. The van der Waals surface area contributed by atoms with Crippen molar-refractivity contribution in [2.24, 2.45) is 5.41 Å². The summed E-state index contributed by atoms with van der Waals surface area (Å²) in [6.07, 6.45) is 1.63. The standard InChI is InChI=1S/C54H62F3N7O6S/c1-31-21-40-39-11-8-9-12-43(39)61-47(40)48(64(31)29-54(6,7)57)46-41(55)23-38(24-42(46)56)70-28-35-18-19-37(26-58-35)69-20-10-13-45(66)62-50(53(3,4)5)52(68)63-27-36(65)22-44(63)51(67)59-25-33-14-16-34(17-15-33)49-32(2)60-30-71-49/h8-9,11-12,14-19,23-24,26,30-31,36,44,48,50,61,65H,10,13,20-22,25,27-29H2,1-7H3,(H,59,67)(H,62,66)/t31-,36-,44+,48-,50-/m1/s1. The van der Waals surface area contributed by atoms with Crippen LogP contribution in [0.25, 0.3) is 21.3 Å². The molecule has 4 N–H and O–H groups in total. The van der Waals surface area contributed by atoms with Crippen LogP contribution in [-0.2, 0) is 34.0 Å². The predicted molar refractivity (Wildman–Crippen MR) is 267 cm³/mol. The Balaban J connectivity index is 0.819. The van der Waals surface area contributed by atoms with E-state index in [2.05, 4.69) is 25.6 Å². The summed E-state index contributed by atoms with van der Waals surface area (Å²) in [5, 5.41) is 17.4. The molecule has 5 atom stereocenters. The average Bonchev–Trinajstić information content (AvgIpc) is 4.04. The Labute approximate surface area is 416 Å². The monoisotopic (exact) mass is 993 g/mol. The maximum Gasteiger partial charge on any atom is 0.246 e. The quantitative estimate of drug-likeness (QED) is 0.0655. The fraction of sp³-hybridized carbons (Fsp3) is 0.426. The largest absolute Gasteiger partial charge is 0.492 e. The van der Waals surface area contributed by atoms with Gasteiger partial charge in [-0.25, -0.2) is 18.2 Å². The van der Waals surface area contributed by atoms with Gasteiger partial charge >= 0.3 is 0 Å². The minimum atomic E-state index is -1.62. The first-order valence-corrected chi connectivity index (χ1v) is 24.9. The molecule has 0 radical (unpaired) electrons. The molecule has 0 aliphatic carbocycles. The topological polar surface area (TPSA) is 162 Å². The zero-order chi connectivity index (χ0) is 50.8. The molecule has 0 bridgehead atoms. The zero-order valence-electron chi connectivity index (χ0n) is 41.2. The number of ether oxygens (including phenoxy) is 2. The highest BCUT2D eigenvalue weighted by Gasteiger charge is 2.45. The molecule has 376 valence electrons. The third kappa shape index (κ3) is 11.9. The number of para-hydroxylation sites is 1. The van der Waals surface area contributed by atoms with E-state index in [4.69, 9.17) is 9.47 Å². The molecule has 2 aliphatic rings. The van der Waals surface area contributed by atoms with Crippen molar-refractivity contribution in [2.45, 2.75) is 123 Å². The van der Waals surface area contributed by atoms with Gasteiger partial charge in [0.15, 0.2) is 0 Å². The number of β-amino-alcohol motifs (C(OH)–C–C–N with tert-alkyl or cyclic N) is 1. The number of amides is 3. The van der Waals surface area contributed by atoms with Gasteiger partial charge in [-0.05, 0) is 80.8 Å². The number of hydrogen-bond donors (Lipinski definition) is 4.